The number of rotatable bonds is 8. The van der Waals surface area contributed by atoms with E-state index in [1.165, 1.54) is 11.8 Å². The fourth-order valence-corrected chi connectivity index (χ4v) is 3.16. The van der Waals surface area contributed by atoms with E-state index < -0.39 is 0 Å². The summed E-state index contributed by atoms with van der Waals surface area (Å²) in [7, 11) is 0. The molecule has 0 atom stereocenters. The Hall–Kier alpha value is -2.15. The molecule has 25 heavy (non-hydrogen) atoms. The summed E-state index contributed by atoms with van der Waals surface area (Å²) in [4.78, 5) is 24.1. The molecule has 1 heterocycles. The molecular formula is C18H24N4O2S. The van der Waals surface area contributed by atoms with Crippen LogP contribution in [-0.2, 0) is 4.79 Å². The van der Waals surface area contributed by atoms with Crippen molar-refractivity contribution in [2.24, 2.45) is 5.92 Å². The molecule has 7 heteroatoms. The highest BCUT2D eigenvalue weighted by molar-refractivity contribution is 7.99. The van der Waals surface area contributed by atoms with Gasteiger partial charge in [0.2, 0.25) is 5.91 Å². The van der Waals surface area contributed by atoms with Gasteiger partial charge >= 0.3 is 0 Å². The Morgan fingerprint density at radius 2 is 1.84 bits per heavy atom. The minimum Gasteiger partial charge on any atom is -0.326 e. The van der Waals surface area contributed by atoms with E-state index in [4.69, 9.17) is 0 Å². The summed E-state index contributed by atoms with van der Waals surface area (Å²) >= 11 is 1.38. The molecule has 2 aromatic rings. The van der Waals surface area contributed by atoms with Crippen LogP contribution in [0.1, 0.15) is 50.5 Å². The number of nitrogens with zero attached hydrogens (tertiary/aromatic N) is 3. The van der Waals surface area contributed by atoms with Crippen LogP contribution in [0.15, 0.2) is 35.7 Å². The zero-order valence-electron chi connectivity index (χ0n) is 15.0. The van der Waals surface area contributed by atoms with Gasteiger partial charge in [-0.1, -0.05) is 25.6 Å². The number of thioether (sulfide) groups is 1. The summed E-state index contributed by atoms with van der Waals surface area (Å²) < 4.78 is 1.94. The van der Waals surface area contributed by atoms with Crippen molar-refractivity contribution in [1.82, 2.24) is 14.8 Å². The number of Topliss-reactive ketones (excluding diaryl/α,β-unsaturated/α-hetero) is 1. The van der Waals surface area contributed by atoms with Crippen LogP contribution >= 0.6 is 11.8 Å². The van der Waals surface area contributed by atoms with E-state index in [9.17, 15) is 9.59 Å². The van der Waals surface area contributed by atoms with E-state index in [1.807, 2.05) is 32.3 Å². The maximum Gasteiger partial charge on any atom is 0.224 e. The van der Waals surface area contributed by atoms with Gasteiger partial charge in [-0.25, -0.2) is 0 Å². The van der Waals surface area contributed by atoms with E-state index >= 15 is 0 Å². The highest BCUT2D eigenvalue weighted by Gasteiger charge is 2.12. The Kier molecular flexibility index (Phi) is 6.75. The second-order valence-corrected chi connectivity index (χ2v) is 7.49. The predicted molar refractivity (Wildman–Crippen MR) is 100.0 cm³/mol. The third-order valence-electron chi connectivity index (χ3n) is 3.51. The highest BCUT2D eigenvalue weighted by Crippen LogP contribution is 2.20. The Balaban J connectivity index is 1.92. The molecule has 0 unspecified atom stereocenters. The standard InChI is InChI=1S/C18H24N4O2S/c1-12(2)9-17(24)20-15-7-5-14(6-8-15)16(23)10-25-18-21-19-11-22(18)13(3)4/h5-8,11-13H,9-10H2,1-4H3,(H,20,24). The average molecular weight is 360 g/mol. The Bertz CT molecular complexity index is 723. The SMILES string of the molecule is CC(C)CC(=O)Nc1ccc(C(=O)CSc2nncn2C(C)C)cc1. The first-order chi connectivity index (χ1) is 11.9. The first-order valence-corrected chi connectivity index (χ1v) is 9.30. The second-order valence-electron chi connectivity index (χ2n) is 6.55. The number of carbonyl (C=O) groups excluding carboxylic acids is 2. The zero-order valence-corrected chi connectivity index (χ0v) is 15.8. The van der Waals surface area contributed by atoms with Crippen molar-refractivity contribution >= 4 is 29.1 Å². The number of benzene rings is 1. The van der Waals surface area contributed by atoms with E-state index in [0.29, 0.717) is 29.3 Å². The maximum absolute atomic E-state index is 12.3. The van der Waals surface area contributed by atoms with E-state index in [-0.39, 0.29) is 17.7 Å². The van der Waals surface area contributed by atoms with Crippen LogP contribution < -0.4 is 5.32 Å². The number of ketones is 1. The molecule has 0 aliphatic heterocycles. The molecule has 0 bridgehead atoms. The molecule has 134 valence electrons. The minimum absolute atomic E-state index is 0.0161. The zero-order chi connectivity index (χ0) is 18.4. The smallest absolute Gasteiger partial charge is 0.224 e. The molecule has 1 N–H and O–H groups in total. The molecule has 0 saturated carbocycles. The molecule has 0 fully saturated rings. The van der Waals surface area contributed by atoms with Crippen molar-refractivity contribution < 1.29 is 9.59 Å². The molecule has 0 radical (unpaired) electrons. The van der Waals surface area contributed by atoms with Gasteiger partial charge in [0.05, 0.1) is 5.75 Å². The molecule has 2 rings (SSSR count). The molecule has 1 aromatic heterocycles. The summed E-state index contributed by atoms with van der Waals surface area (Å²) in [5.74, 6) is 0.608. The number of hydrogen-bond donors (Lipinski definition) is 1. The molecule has 0 aliphatic rings. The van der Waals surface area contributed by atoms with Crippen LogP contribution in [0.4, 0.5) is 5.69 Å². The van der Waals surface area contributed by atoms with Gasteiger partial charge in [-0.05, 0) is 44.0 Å². The molecule has 1 aromatic carbocycles. The summed E-state index contributed by atoms with van der Waals surface area (Å²) in [6, 6.07) is 7.24. The predicted octanol–water partition coefficient (Wildman–Crippen LogP) is 3.82. The lowest BCUT2D eigenvalue weighted by Crippen LogP contribution is -2.14. The quantitative estimate of drug-likeness (QED) is 0.572. The number of amides is 1. The van der Waals surface area contributed by atoms with Crippen molar-refractivity contribution in [3.05, 3.63) is 36.2 Å². The van der Waals surface area contributed by atoms with E-state index in [0.717, 1.165) is 5.16 Å². The van der Waals surface area contributed by atoms with Crippen LogP contribution in [0.5, 0.6) is 0 Å². The molecular weight excluding hydrogens is 336 g/mol. The van der Waals surface area contributed by atoms with Gasteiger partial charge < -0.3 is 9.88 Å². The first-order valence-electron chi connectivity index (χ1n) is 8.32. The third kappa shape index (κ3) is 5.70. The van der Waals surface area contributed by atoms with Crippen LogP contribution in [0.25, 0.3) is 0 Å². The molecule has 0 aliphatic carbocycles. The van der Waals surface area contributed by atoms with Crippen molar-refractivity contribution in [2.45, 2.75) is 45.3 Å². The number of carbonyl (C=O) groups is 2. The third-order valence-corrected chi connectivity index (χ3v) is 4.47. The van der Waals surface area contributed by atoms with Gasteiger partial charge in [0.1, 0.15) is 6.33 Å². The van der Waals surface area contributed by atoms with Crippen LogP contribution in [0.2, 0.25) is 0 Å². The largest absolute Gasteiger partial charge is 0.326 e. The fraction of sp³-hybridized carbons (Fsp3) is 0.444. The molecule has 0 saturated heterocycles. The van der Waals surface area contributed by atoms with E-state index in [2.05, 4.69) is 15.5 Å². The Morgan fingerprint density at radius 3 is 2.44 bits per heavy atom. The van der Waals surface area contributed by atoms with Gasteiger partial charge in [0, 0.05) is 23.7 Å². The highest BCUT2D eigenvalue weighted by atomic mass is 32.2. The minimum atomic E-state index is -0.0161. The van der Waals surface area contributed by atoms with Crippen LogP contribution in [0.3, 0.4) is 0 Å². The van der Waals surface area contributed by atoms with Gasteiger partial charge in [0.25, 0.3) is 0 Å². The van der Waals surface area contributed by atoms with E-state index in [1.54, 1.807) is 30.6 Å². The Morgan fingerprint density at radius 1 is 1.16 bits per heavy atom. The Labute approximate surface area is 152 Å². The fourth-order valence-electron chi connectivity index (χ4n) is 2.23. The lowest BCUT2D eigenvalue weighted by Gasteiger charge is -2.09. The van der Waals surface area contributed by atoms with Crippen molar-refractivity contribution in [3.63, 3.8) is 0 Å². The summed E-state index contributed by atoms with van der Waals surface area (Å²) in [6.07, 6.45) is 2.15. The van der Waals surface area contributed by atoms with Crippen LogP contribution in [0, 0.1) is 5.92 Å². The molecule has 0 spiro atoms. The lowest BCUT2D eigenvalue weighted by molar-refractivity contribution is -0.116. The van der Waals surface area contributed by atoms with Gasteiger partial charge in [-0.3, -0.25) is 9.59 Å². The number of aromatic nitrogens is 3. The average Bonchev–Trinajstić information content (AvgIpc) is 3.01. The van der Waals surface area contributed by atoms with Crippen molar-refractivity contribution in [2.75, 3.05) is 11.1 Å². The van der Waals surface area contributed by atoms with Gasteiger partial charge in [0.15, 0.2) is 10.9 Å². The normalized spacial score (nSPS) is 11.1. The first kappa shape index (κ1) is 19.2. The molecule has 1 amide bonds. The van der Waals surface area contributed by atoms with Crippen molar-refractivity contribution in [1.29, 1.82) is 0 Å². The summed E-state index contributed by atoms with van der Waals surface area (Å²) in [5.41, 5.74) is 1.32. The molecule has 6 nitrogen and oxygen atoms in total. The van der Waals surface area contributed by atoms with Gasteiger partial charge in [-0.15, -0.1) is 10.2 Å². The summed E-state index contributed by atoms with van der Waals surface area (Å²) in [6.45, 7) is 8.08. The lowest BCUT2D eigenvalue weighted by atomic mass is 10.1. The summed E-state index contributed by atoms with van der Waals surface area (Å²) in [5, 5.41) is 11.5. The number of anilines is 1. The monoisotopic (exact) mass is 360 g/mol. The topological polar surface area (TPSA) is 76.9 Å². The van der Waals surface area contributed by atoms with Crippen LogP contribution in [-0.4, -0.2) is 32.2 Å². The van der Waals surface area contributed by atoms with Gasteiger partial charge in [-0.2, -0.15) is 0 Å². The number of hydrogen-bond acceptors (Lipinski definition) is 5. The number of nitrogens with one attached hydrogen (secondary N) is 1. The van der Waals surface area contributed by atoms with Crippen molar-refractivity contribution in [3.8, 4) is 0 Å². The maximum atomic E-state index is 12.3. The second kappa shape index (κ2) is 8.80.